The fourth-order valence-electron chi connectivity index (χ4n) is 4.06. The lowest BCUT2D eigenvalue weighted by Crippen LogP contribution is -2.41. The third-order valence-electron chi connectivity index (χ3n) is 5.86. The molecule has 195 valence electrons. The van der Waals surface area contributed by atoms with E-state index in [1.165, 1.54) is 63.2 Å². The first-order chi connectivity index (χ1) is 18.3. The summed E-state index contributed by atoms with van der Waals surface area (Å²) >= 11 is 6.02. The van der Waals surface area contributed by atoms with Crippen molar-refractivity contribution < 1.29 is 28.2 Å². The topological polar surface area (TPSA) is 136 Å². The lowest BCUT2D eigenvalue weighted by molar-refractivity contribution is -0.144. The molecule has 1 radical (unpaired) electrons. The van der Waals surface area contributed by atoms with E-state index >= 15 is 0 Å². The van der Waals surface area contributed by atoms with Gasteiger partial charge in [-0.15, -0.1) is 0 Å². The highest BCUT2D eigenvalue weighted by Crippen LogP contribution is 2.31. The summed E-state index contributed by atoms with van der Waals surface area (Å²) in [6.45, 7) is 0.238. The van der Waals surface area contributed by atoms with Crippen molar-refractivity contribution in [1.82, 2.24) is 25.1 Å². The van der Waals surface area contributed by atoms with Gasteiger partial charge in [-0.2, -0.15) is 0 Å². The van der Waals surface area contributed by atoms with Gasteiger partial charge in [0.2, 0.25) is 0 Å². The van der Waals surface area contributed by atoms with Gasteiger partial charge in [0.25, 0.3) is 13.3 Å². The van der Waals surface area contributed by atoms with Crippen molar-refractivity contribution in [1.29, 1.82) is 0 Å². The molecule has 1 aliphatic rings. The van der Waals surface area contributed by atoms with E-state index in [2.05, 4.69) is 25.6 Å². The summed E-state index contributed by atoms with van der Waals surface area (Å²) in [6, 6.07) is 4.46. The molecule has 0 aliphatic carbocycles. The normalized spacial score (nSPS) is 16.9. The number of aromatic nitrogens is 3. The molecule has 0 unspecified atom stereocenters. The van der Waals surface area contributed by atoms with Crippen molar-refractivity contribution in [3.63, 3.8) is 0 Å². The zero-order valence-electron chi connectivity index (χ0n) is 20.4. The zero-order chi connectivity index (χ0) is 27.2. The van der Waals surface area contributed by atoms with E-state index in [4.69, 9.17) is 21.1 Å². The number of halogens is 2. The van der Waals surface area contributed by atoms with E-state index < -0.39 is 29.8 Å². The lowest BCUT2D eigenvalue weighted by atomic mass is 9.93. The van der Waals surface area contributed by atoms with Gasteiger partial charge in [0, 0.05) is 30.0 Å². The summed E-state index contributed by atoms with van der Waals surface area (Å²) in [4.78, 5) is 50.4. The Morgan fingerprint density at radius 3 is 2.82 bits per heavy atom. The Labute approximate surface area is 223 Å². The average molecular weight is 540 g/mol. The molecule has 0 bridgehead atoms. The molecule has 3 heterocycles. The van der Waals surface area contributed by atoms with Gasteiger partial charge in [-0.1, -0.05) is 11.6 Å². The summed E-state index contributed by atoms with van der Waals surface area (Å²) < 4.78 is 24.6. The Balaban J connectivity index is 1.58. The number of methoxy groups -OCH3 is 2. The van der Waals surface area contributed by atoms with Crippen LogP contribution in [-0.4, -0.2) is 78.1 Å². The first-order valence-electron chi connectivity index (χ1n) is 11.3. The Hall–Kier alpha value is -4.10. The third kappa shape index (κ3) is 5.89. The van der Waals surface area contributed by atoms with Crippen LogP contribution in [0.25, 0.3) is 11.4 Å². The van der Waals surface area contributed by atoms with E-state index in [0.717, 1.165) is 0 Å². The number of benzene rings is 1. The summed E-state index contributed by atoms with van der Waals surface area (Å²) in [5, 5.41) is 6.22. The number of amides is 1. The van der Waals surface area contributed by atoms with Crippen LogP contribution in [0, 0.1) is 5.82 Å². The van der Waals surface area contributed by atoms with Crippen molar-refractivity contribution in [3.05, 3.63) is 59.3 Å². The van der Waals surface area contributed by atoms with E-state index in [9.17, 15) is 18.8 Å². The molecule has 38 heavy (non-hydrogen) atoms. The Morgan fingerprint density at radius 1 is 1.26 bits per heavy atom. The van der Waals surface area contributed by atoms with Gasteiger partial charge in [0.1, 0.15) is 11.9 Å². The molecule has 11 nitrogen and oxygen atoms in total. The monoisotopic (exact) mass is 539 g/mol. The van der Waals surface area contributed by atoms with E-state index in [-0.39, 0.29) is 41.5 Å². The average Bonchev–Trinajstić information content (AvgIpc) is 3.32. The molecule has 2 aromatic heterocycles. The van der Waals surface area contributed by atoms with Crippen LogP contribution in [-0.2, 0) is 14.3 Å². The number of rotatable bonds is 9. The number of anilines is 2. The number of hydrogen-bond donors (Lipinski definition) is 2. The van der Waals surface area contributed by atoms with Gasteiger partial charge in [-0.05, 0) is 30.7 Å². The van der Waals surface area contributed by atoms with Crippen LogP contribution in [0.15, 0.2) is 42.9 Å². The van der Waals surface area contributed by atoms with Crippen molar-refractivity contribution in [2.45, 2.75) is 18.5 Å². The lowest BCUT2D eigenvalue weighted by Gasteiger charge is -2.18. The molecular weight excluding hydrogens is 518 g/mol. The molecule has 0 saturated carbocycles. The molecular formula is C24H22BClFN6O5. The van der Waals surface area contributed by atoms with Crippen LogP contribution in [0.2, 0.25) is 5.02 Å². The highest BCUT2D eigenvalue weighted by atomic mass is 35.5. The highest BCUT2D eigenvalue weighted by molar-refractivity contribution is 6.64. The van der Waals surface area contributed by atoms with Gasteiger partial charge < -0.3 is 29.7 Å². The molecule has 4 rings (SSSR count). The third-order valence-corrected chi connectivity index (χ3v) is 6.10. The fraction of sp³-hybridized carbons (Fsp3) is 0.250. The van der Waals surface area contributed by atoms with E-state index in [0.29, 0.717) is 16.9 Å². The number of esters is 1. The smallest absolute Gasteiger partial charge is 0.322 e. The maximum atomic E-state index is 14.4. The van der Waals surface area contributed by atoms with Gasteiger partial charge >= 0.3 is 5.97 Å². The summed E-state index contributed by atoms with van der Waals surface area (Å²) in [5.41, 5.74) is 0.607. The predicted molar refractivity (Wildman–Crippen MR) is 137 cm³/mol. The second-order valence-electron chi connectivity index (χ2n) is 8.21. The van der Waals surface area contributed by atoms with Crippen LogP contribution in [0.4, 0.5) is 15.9 Å². The van der Waals surface area contributed by atoms with Crippen LogP contribution < -0.4 is 15.4 Å². The second kappa shape index (κ2) is 12.0. The van der Waals surface area contributed by atoms with Gasteiger partial charge in [-0.3, -0.25) is 14.6 Å². The summed E-state index contributed by atoms with van der Waals surface area (Å²) in [6.07, 6.45) is 5.04. The van der Waals surface area contributed by atoms with Crippen molar-refractivity contribution in [2.24, 2.45) is 0 Å². The first-order valence-corrected chi connectivity index (χ1v) is 11.7. The standard InChI is InChI=1S/C24H22BClFN6O5/c1-37-20-10-29-21(15-7-13(26)3-4-17(15)27)32-22(20)31-18-5-6-28-9-16(18)23(35)30-14-8-19(24(36)38-2)33(11-14)25-12-34/h3-7,9-10,12,14,19H,8,11H2,1-2H3,(H,30,35)(H,28,29,31,32)/t14-,19-/m1/s1. The van der Waals surface area contributed by atoms with Crippen LogP contribution in [0.5, 0.6) is 5.75 Å². The molecule has 0 spiro atoms. The van der Waals surface area contributed by atoms with Crippen LogP contribution in [0.1, 0.15) is 16.8 Å². The summed E-state index contributed by atoms with van der Waals surface area (Å²) in [7, 11) is 3.92. The van der Waals surface area contributed by atoms with Crippen LogP contribution >= 0.6 is 11.6 Å². The van der Waals surface area contributed by atoms with Crippen molar-refractivity contribution in [2.75, 3.05) is 26.1 Å². The molecule has 1 aliphatic heterocycles. The first kappa shape index (κ1) is 27.0. The highest BCUT2D eigenvalue weighted by Gasteiger charge is 2.38. The zero-order valence-corrected chi connectivity index (χ0v) is 21.1. The van der Waals surface area contributed by atoms with Gasteiger partial charge in [-0.25, -0.2) is 14.4 Å². The Morgan fingerprint density at radius 2 is 2.08 bits per heavy atom. The fourth-order valence-corrected chi connectivity index (χ4v) is 4.23. The molecule has 1 aromatic carbocycles. The number of pyridine rings is 1. The van der Waals surface area contributed by atoms with Crippen LogP contribution in [0.3, 0.4) is 0 Å². The predicted octanol–water partition coefficient (Wildman–Crippen LogP) is 2.24. The quantitative estimate of drug-likeness (QED) is 0.237. The molecule has 2 atom stereocenters. The largest absolute Gasteiger partial charge is 0.491 e. The second-order valence-corrected chi connectivity index (χ2v) is 8.64. The number of hydrogen-bond acceptors (Lipinski definition) is 10. The maximum absolute atomic E-state index is 14.4. The molecule has 1 amide bonds. The minimum Gasteiger partial charge on any atom is -0.491 e. The molecule has 3 aromatic rings. The maximum Gasteiger partial charge on any atom is 0.322 e. The van der Waals surface area contributed by atoms with E-state index in [1.54, 1.807) is 6.07 Å². The minimum absolute atomic E-state index is 0.0553. The number of carbonyl (C=O) groups excluding carboxylic acids is 3. The number of carbonyl (C=O) groups is 3. The van der Waals surface area contributed by atoms with E-state index in [1.807, 2.05) is 0 Å². The van der Waals surface area contributed by atoms with Gasteiger partial charge in [0.05, 0.1) is 43.4 Å². The van der Waals surface area contributed by atoms with Gasteiger partial charge in [0.15, 0.2) is 17.4 Å². The van der Waals surface area contributed by atoms with Crippen molar-refractivity contribution in [3.8, 4) is 17.1 Å². The Kier molecular flexibility index (Phi) is 8.49. The molecule has 1 fully saturated rings. The SMILES string of the molecule is COC(=O)[C@H]1C[C@@H](NC(=O)c2cnccc2Nc2nc(-c3cc(Cl)ccc3F)ncc2OC)CN1[B]C=O. The Bertz CT molecular complexity index is 1370. The number of nitrogens with one attached hydrogen (secondary N) is 2. The van der Waals surface area contributed by atoms with Crippen molar-refractivity contribution >= 4 is 48.6 Å². The molecule has 2 N–H and O–H groups in total. The number of ether oxygens (including phenoxy) is 2. The minimum atomic E-state index is -0.697. The molecule has 14 heteroatoms. The summed E-state index contributed by atoms with van der Waals surface area (Å²) in [5.74, 6) is -1.06. The molecule has 1 saturated heterocycles. The number of nitrogens with zero attached hydrogens (tertiary/aromatic N) is 4.